The van der Waals surface area contributed by atoms with E-state index in [1.54, 1.807) is 12.1 Å². The number of aliphatic imine (C=N–C) groups is 1. The molecule has 0 aromatic heterocycles. The molecule has 5 nitrogen and oxygen atoms in total. The van der Waals surface area contributed by atoms with Crippen LogP contribution in [-0.2, 0) is 13.0 Å². The van der Waals surface area contributed by atoms with Crippen LogP contribution in [0.1, 0.15) is 36.8 Å². The van der Waals surface area contributed by atoms with Crippen LogP contribution in [0.5, 0.6) is 5.75 Å². The molecule has 1 saturated carbocycles. The summed E-state index contributed by atoms with van der Waals surface area (Å²) >= 11 is 0. The van der Waals surface area contributed by atoms with Gasteiger partial charge in [-0.15, -0.1) is 0 Å². The first-order chi connectivity index (χ1) is 15.6. The third-order valence-corrected chi connectivity index (χ3v) is 6.78. The Labute approximate surface area is 191 Å². The van der Waals surface area contributed by atoms with Gasteiger partial charge in [0.1, 0.15) is 0 Å². The van der Waals surface area contributed by atoms with Crippen molar-refractivity contribution >= 4 is 5.96 Å². The summed E-state index contributed by atoms with van der Waals surface area (Å²) in [5.41, 5.74) is 2.77. The predicted octanol–water partition coefficient (Wildman–Crippen LogP) is 3.99. The maximum atomic E-state index is 14.0. The zero-order valence-electron chi connectivity index (χ0n) is 19.2. The molecule has 2 aromatic carbocycles. The van der Waals surface area contributed by atoms with Crippen molar-refractivity contribution in [1.82, 2.24) is 15.5 Å². The molecule has 2 aliphatic rings. The van der Waals surface area contributed by atoms with Crippen molar-refractivity contribution in [3.8, 4) is 5.75 Å². The number of nitrogens with zero attached hydrogens (tertiary/aromatic N) is 2. The van der Waals surface area contributed by atoms with Crippen LogP contribution in [0.3, 0.4) is 0 Å². The topological polar surface area (TPSA) is 48.9 Å². The van der Waals surface area contributed by atoms with Gasteiger partial charge in [0.25, 0.3) is 0 Å². The fraction of sp³-hybridized carbons (Fsp3) is 0.500. The molecule has 4 rings (SSSR count). The average Bonchev–Trinajstić information content (AvgIpc) is 3.58. The molecule has 1 saturated heterocycles. The van der Waals surface area contributed by atoms with Gasteiger partial charge in [0.15, 0.2) is 17.5 Å². The van der Waals surface area contributed by atoms with E-state index in [1.807, 2.05) is 13.1 Å². The Kier molecular flexibility index (Phi) is 7.30. The lowest BCUT2D eigenvalue weighted by molar-refractivity contribution is 0.198. The number of ether oxygens (including phenoxy) is 1. The van der Waals surface area contributed by atoms with Crippen LogP contribution >= 0.6 is 0 Å². The van der Waals surface area contributed by atoms with Crippen molar-refractivity contribution in [3.05, 3.63) is 65.5 Å². The van der Waals surface area contributed by atoms with E-state index in [0.29, 0.717) is 17.2 Å². The van der Waals surface area contributed by atoms with E-state index in [9.17, 15) is 4.39 Å². The van der Waals surface area contributed by atoms with Crippen molar-refractivity contribution in [3.63, 3.8) is 0 Å². The molecule has 2 N–H and O–H groups in total. The lowest BCUT2D eigenvalue weighted by atomic mass is 9.96. The molecule has 0 radical (unpaired) electrons. The molecule has 2 aromatic rings. The molecular formula is C26H35FN4O. The third kappa shape index (κ3) is 6.00. The summed E-state index contributed by atoms with van der Waals surface area (Å²) in [5, 5.41) is 7.19. The number of piperidine rings is 1. The number of nitrogens with one attached hydrogen (secondary N) is 2. The smallest absolute Gasteiger partial charge is 0.191 e. The Morgan fingerprint density at radius 1 is 1.12 bits per heavy atom. The van der Waals surface area contributed by atoms with Gasteiger partial charge in [-0.25, -0.2) is 4.39 Å². The molecule has 1 aliphatic heterocycles. The van der Waals surface area contributed by atoms with Crippen LogP contribution in [0.4, 0.5) is 4.39 Å². The summed E-state index contributed by atoms with van der Waals surface area (Å²) in [6.45, 7) is 3.70. The molecule has 6 heteroatoms. The van der Waals surface area contributed by atoms with Gasteiger partial charge in [0.2, 0.25) is 0 Å². The standard InChI is InChI=1S/C26H35FN4O/c1-28-25(29-19-26(12-13-26)17-20-6-4-3-5-7-20)30-22-10-14-31(15-11-22)18-21-8-9-24(32-2)23(27)16-21/h3-9,16,22H,10-15,17-19H2,1-2H3,(H2,28,29,30). The van der Waals surface area contributed by atoms with Gasteiger partial charge < -0.3 is 15.4 Å². The zero-order valence-corrected chi connectivity index (χ0v) is 19.2. The highest BCUT2D eigenvalue weighted by Gasteiger charge is 2.42. The van der Waals surface area contributed by atoms with E-state index < -0.39 is 0 Å². The number of hydrogen-bond acceptors (Lipinski definition) is 3. The molecule has 1 heterocycles. The van der Waals surface area contributed by atoms with Gasteiger partial charge >= 0.3 is 0 Å². The molecule has 0 amide bonds. The molecule has 2 fully saturated rings. The second kappa shape index (κ2) is 10.3. The van der Waals surface area contributed by atoms with Crippen molar-refractivity contribution in [1.29, 1.82) is 0 Å². The molecule has 1 aliphatic carbocycles. The number of halogens is 1. The molecule has 0 unspecified atom stereocenters. The Morgan fingerprint density at radius 3 is 2.50 bits per heavy atom. The van der Waals surface area contributed by atoms with Crippen LogP contribution < -0.4 is 15.4 Å². The highest BCUT2D eigenvalue weighted by atomic mass is 19.1. The second-order valence-electron chi connectivity index (χ2n) is 9.25. The summed E-state index contributed by atoms with van der Waals surface area (Å²) in [4.78, 5) is 6.84. The van der Waals surface area contributed by atoms with E-state index in [-0.39, 0.29) is 5.82 Å². The number of methoxy groups -OCH3 is 1. The van der Waals surface area contributed by atoms with Gasteiger partial charge in [-0.3, -0.25) is 9.89 Å². The Hall–Kier alpha value is -2.60. The lowest BCUT2D eigenvalue weighted by Gasteiger charge is -2.33. The van der Waals surface area contributed by atoms with Crippen LogP contribution in [0, 0.1) is 11.2 Å². The molecule has 32 heavy (non-hydrogen) atoms. The van der Waals surface area contributed by atoms with Gasteiger partial charge in [0, 0.05) is 39.3 Å². The summed E-state index contributed by atoms with van der Waals surface area (Å²) in [5.74, 6) is 0.907. The Bertz CT molecular complexity index is 905. The molecule has 172 valence electrons. The van der Waals surface area contributed by atoms with Crippen molar-refractivity contribution < 1.29 is 9.13 Å². The Morgan fingerprint density at radius 2 is 1.88 bits per heavy atom. The van der Waals surface area contributed by atoms with Crippen LogP contribution in [-0.4, -0.2) is 50.7 Å². The Balaban J connectivity index is 1.20. The SMILES string of the molecule is CN=C(NCC1(Cc2ccccc2)CC1)NC1CCN(Cc2ccc(OC)c(F)c2)CC1. The highest BCUT2D eigenvalue weighted by Crippen LogP contribution is 2.47. The first-order valence-corrected chi connectivity index (χ1v) is 11.6. The van der Waals surface area contributed by atoms with E-state index in [1.165, 1.54) is 25.5 Å². The molecule has 0 spiro atoms. The summed E-state index contributed by atoms with van der Waals surface area (Å²) in [6, 6.07) is 16.4. The molecule has 0 atom stereocenters. The van der Waals surface area contributed by atoms with E-state index in [2.05, 4.69) is 50.9 Å². The minimum Gasteiger partial charge on any atom is -0.494 e. The van der Waals surface area contributed by atoms with Gasteiger partial charge in [-0.2, -0.15) is 0 Å². The summed E-state index contributed by atoms with van der Waals surface area (Å²) < 4.78 is 19.0. The number of likely N-dealkylation sites (tertiary alicyclic amines) is 1. The second-order valence-corrected chi connectivity index (χ2v) is 9.25. The van der Waals surface area contributed by atoms with Gasteiger partial charge in [0.05, 0.1) is 7.11 Å². The number of rotatable bonds is 8. The summed E-state index contributed by atoms with van der Waals surface area (Å²) in [6.07, 6.45) is 5.78. The van der Waals surface area contributed by atoms with E-state index in [4.69, 9.17) is 4.74 Å². The first kappa shape index (κ1) is 22.6. The van der Waals surface area contributed by atoms with Gasteiger partial charge in [-0.05, 0) is 60.8 Å². The number of hydrogen-bond donors (Lipinski definition) is 2. The monoisotopic (exact) mass is 438 g/mol. The maximum Gasteiger partial charge on any atom is 0.191 e. The highest BCUT2D eigenvalue weighted by molar-refractivity contribution is 5.80. The minimum absolute atomic E-state index is 0.294. The maximum absolute atomic E-state index is 14.0. The molecule has 0 bridgehead atoms. The molecular weight excluding hydrogens is 403 g/mol. The predicted molar refractivity (Wildman–Crippen MR) is 128 cm³/mol. The minimum atomic E-state index is -0.294. The van der Waals surface area contributed by atoms with Crippen LogP contribution in [0.25, 0.3) is 0 Å². The quantitative estimate of drug-likeness (QED) is 0.483. The van der Waals surface area contributed by atoms with E-state index >= 15 is 0 Å². The fourth-order valence-electron chi connectivity index (χ4n) is 4.58. The first-order valence-electron chi connectivity index (χ1n) is 11.6. The van der Waals surface area contributed by atoms with Crippen LogP contribution in [0.15, 0.2) is 53.5 Å². The normalized spacial score (nSPS) is 18.9. The fourth-order valence-corrected chi connectivity index (χ4v) is 4.58. The van der Waals surface area contributed by atoms with E-state index in [0.717, 1.165) is 57.0 Å². The average molecular weight is 439 g/mol. The summed E-state index contributed by atoms with van der Waals surface area (Å²) in [7, 11) is 3.34. The number of guanidine groups is 1. The lowest BCUT2D eigenvalue weighted by Crippen LogP contribution is -2.49. The van der Waals surface area contributed by atoms with Crippen LogP contribution in [0.2, 0.25) is 0 Å². The zero-order chi connectivity index (χ0) is 22.4. The van der Waals surface area contributed by atoms with Crippen molar-refractivity contribution in [2.24, 2.45) is 10.4 Å². The number of benzene rings is 2. The van der Waals surface area contributed by atoms with Gasteiger partial charge in [-0.1, -0.05) is 36.4 Å². The van der Waals surface area contributed by atoms with Crippen molar-refractivity contribution in [2.45, 2.75) is 44.7 Å². The van der Waals surface area contributed by atoms with Crippen molar-refractivity contribution in [2.75, 3.05) is 33.8 Å². The third-order valence-electron chi connectivity index (χ3n) is 6.78. The largest absolute Gasteiger partial charge is 0.494 e.